The maximum Gasteiger partial charge on any atom is 0.371 e. The summed E-state index contributed by atoms with van der Waals surface area (Å²) in [4.78, 5) is 23.1. The van der Waals surface area contributed by atoms with Gasteiger partial charge in [-0.3, -0.25) is 0 Å². The molecule has 1 aliphatic rings. The van der Waals surface area contributed by atoms with E-state index < -0.39 is 22.8 Å². The first-order chi connectivity index (χ1) is 11.4. The quantitative estimate of drug-likeness (QED) is 0.747. The monoisotopic (exact) mass is 330 g/mol. The summed E-state index contributed by atoms with van der Waals surface area (Å²) in [6.45, 7) is 0. The minimum absolute atomic E-state index is 0.219. The van der Waals surface area contributed by atoms with Crippen molar-refractivity contribution in [3.63, 3.8) is 0 Å². The number of carboxylic acid groups (broad SMARTS) is 1. The highest BCUT2D eigenvalue weighted by molar-refractivity contribution is 5.84. The van der Waals surface area contributed by atoms with E-state index in [9.17, 15) is 19.8 Å². The van der Waals surface area contributed by atoms with Crippen molar-refractivity contribution in [2.45, 2.75) is 37.5 Å². The first kappa shape index (κ1) is 16.1. The number of hydrogen-bond donors (Lipinski definition) is 3. The second-order valence-corrected chi connectivity index (χ2v) is 6.18. The predicted molar refractivity (Wildman–Crippen MR) is 85.6 cm³/mol. The van der Waals surface area contributed by atoms with Gasteiger partial charge in [0.25, 0.3) is 0 Å². The summed E-state index contributed by atoms with van der Waals surface area (Å²) in [6.07, 6.45) is 4.34. The van der Waals surface area contributed by atoms with Gasteiger partial charge in [-0.05, 0) is 42.2 Å². The van der Waals surface area contributed by atoms with Crippen molar-refractivity contribution in [3.05, 3.63) is 57.6 Å². The number of rotatable bonds is 3. The number of aromatic carboxylic acids is 1. The highest BCUT2D eigenvalue weighted by Gasteiger charge is 2.37. The van der Waals surface area contributed by atoms with E-state index in [1.54, 1.807) is 6.07 Å². The van der Waals surface area contributed by atoms with E-state index in [-0.39, 0.29) is 11.5 Å². The van der Waals surface area contributed by atoms with Crippen LogP contribution < -0.4 is 5.63 Å². The molecule has 126 valence electrons. The minimum Gasteiger partial charge on any atom is -0.504 e. The van der Waals surface area contributed by atoms with Crippen molar-refractivity contribution in [1.29, 1.82) is 0 Å². The SMILES string of the molecule is O=C(O)c1cc(C2(c3ccc(O)c(O)c3)CCCCC2)cc(=O)o1. The number of phenols is 2. The van der Waals surface area contributed by atoms with Crippen LogP contribution in [0.25, 0.3) is 0 Å². The molecule has 2 aromatic rings. The Labute approximate surface area is 138 Å². The number of hydrogen-bond acceptors (Lipinski definition) is 5. The molecule has 0 radical (unpaired) electrons. The lowest BCUT2D eigenvalue weighted by Gasteiger charge is -2.38. The van der Waals surface area contributed by atoms with Gasteiger partial charge >= 0.3 is 11.6 Å². The number of carbonyl (C=O) groups is 1. The Kier molecular flexibility index (Phi) is 4.05. The van der Waals surface area contributed by atoms with Crippen molar-refractivity contribution >= 4 is 5.97 Å². The third-order valence-electron chi connectivity index (χ3n) is 4.77. The number of aromatic hydroxyl groups is 2. The van der Waals surface area contributed by atoms with Gasteiger partial charge in [0.2, 0.25) is 5.76 Å². The Bertz CT molecular complexity index is 830. The smallest absolute Gasteiger partial charge is 0.371 e. The van der Waals surface area contributed by atoms with Gasteiger partial charge in [0.1, 0.15) is 0 Å². The Morgan fingerprint density at radius 2 is 1.67 bits per heavy atom. The third-order valence-corrected chi connectivity index (χ3v) is 4.77. The zero-order valence-corrected chi connectivity index (χ0v) is 13.0. The van der Waals surface area contributed by atoms with Crippen LogP contribution in [0.3, 0.4) is 0 Å². The van der Waals surface area contributed by atoms with Gasteiger partial charge in [0, 0.05) is 11.5 Å². The van der Waals surface area contributed by atoms with Crippen LogP contribution in [0.5, 0.6) is 11.5 Å². The summed E-state index contributed by atoms with van der Waals surface area (Å²) in [5, 5.41) is 28.6. The molecule has 1 aromatic heterocycles. The van der Waals surface area contributed by atoms with Gasteiger partial charge in [-0.15, -0.1) is 0 Å². The topological polar surface area (TPSA) is 108 Å². The molecule has 0 spiro atoms. The van der Waals surface area contributed by atoms with E-state index in [0.717, 1.165) is 37.7 Å². The largest absolute Gasteiger partial charge is 0.504 e. The normalized spacial score (nSPS) is 16.7. The van der Waals surface area contributed by atoms with Crippen molar-refractivity contribution < 1.29 is 24.5 Å². The Balaban J connectivity index is 2.21. The summed E-state index contributed by atoms with van der Waals surface area (Å²) in [6, 6.07) is 7.30. The summed E-state index contributed by atoms with van der Waals surface area (Å²) in [5.74, 6) is -2.15. The molecule has 0 atom stereocenters. The molecule has 3 rings (SSSR count). The second-order valence-electron chi connectivity index (χ2n) is 6.18. The summed E-state index contributed by atoms with van der Waals surface area (Å²) < 4.78 is 4.75. The number of carboxylic acids is 1. The molecule has 24 heavy (non-hydrogen) atoms. The average molecular weight is 330 g/mol. The van der Waals surface area contributed by atoms with E-state index in [4.69, 9.17) is 9.52 Å². The molecule has 0 bridgehead atoms. The predicted octanol–water partition coefficient (Wildman–Crippen LogP) is 3.00. The lowest BCUT2D eigenvalue weighted by molar-refractivity contribution is 0.0656. The minimum atomic E-state index is -1.30. The van der Waals surface area contributed by atoms with E-state index in [2.05, 4.69) is 0 Å². The lowest BCUT2D eigenvalue weighted by Crippen LogP contribution is -2.31. The molecular formula is C18H18O6. The molecule has 1 fully saturated rings. The van der Waals surface area contributed by atoms with Gasteiger partial charge in [0.05, 0.1) is 0 Å². The summed E-state index contributed by atoms with van der Waals surface area (Å²) >= 11 is 0. The van der Waals surface area contributed by atoms with E-state index in [0.29, 0.717) is 5.56 Å². The molecule has 0 saturated heterocycles. The van der Waals surface area contributed by atoms with E-state index in [1.165, 1.54) is 24.3 Å². The third kappa shape index (κ3) is 2.75. The van der Waals surface area contributed by atoms with Crippen LogP contribution in [0.2, 0.25) is 0 Å². The molecule has 6 heteroatoms. The van der Waals surface area contributed by atoms with Gasteiger partial charge in [-0.2, -0.15) is 0 Å². The molecule has 0 unspecified atom stereocenters. The first-order valence-corrected chi connectivity index (χ1v) is 7.84. The zero-order valence-electron chi connectivity index (χ0n) is 13.0. The molecule has 6 nitrogen and oxygen atoms in total. The van der Waals surface area contributed by atoms with E-state index in [1.807, 2.05) is 0 Å². The Morgan fingerprint density at radius 3 is 2.29 bits per heavy atom. The zero-order chi connectivity index (χ0) is 17.3. The Morgan fingerprint density at radius 1 is 0.958 bits per heavy atom. The van der Waals surface area contributed by atoms with Crippen LogP contribution in [0.4, 0.5) is 0 Å². The number of phenolic OH excluding ortho intramolecular Hbond substituents is 2. The molecule has 0 amide bonds. The van der Waals surface area contributed by atoms with Crippen molar-refractivity contribution in [2.24, 2.45) is 0 Å². The van der Waals surface area contributed by atoms with Gasteiger partial charge < -0.3 is 19.7 Å². The van der Waals surface area contributed by atoms with Crippen LogP contribution in [0, 0.1) is 0 Å². The van der Waals surface area contributed by atoms with Gasteiger partial charge in [-0.1, -0.05) is 25.3 Å². The average Bonchev–Trinajstić information content (AvgIpc) is 2.57. The first-order valence-electron chi connectivity index (χ1n) is 7.84. The molecule has 3 N–H and O–H groups in total. The van der Waals surface area contributed by atoms with Crippen LogP contribution in [-0.4, -0.2) is 21.3 Å². The van der Waals surface area contributed by atoms with Gasteiger partial charge in [0.15, 0.2) is 11.5 Å². The van der Waals surface area contributed by atoms with Gasteiger partial charge in [-0.25, -0.2) is 9.59 Å². The lowest BCUT2D eigenvalue weighted by atomic mass is 9.65. The second kappa shape index (κ2) is 6.03. The Hall–Kier alpha value is -2.76. The van der Waals surface area contributed by atoms with Crippen molar-refractivity contribution in [1.82, 2.24) is 0 Å². The molecule has 1 saturated carbocycles. The standard InChI is InChI=1S/C18H18O6/c19-13-5-4-11(8-14(13)20)18(6-2-1-3-7-18)12-9-15(17(22)23)24-16(21)10-12/h4-5,8-10,19-20H,1-3,6-7H2,(H,22,23). The van der Waals surface area contributed by atoms with Crippen LogP contribution >= 0.6 is 0 Å². The highest BCUT2D eigenvalue weighted by atomic mass is 16.4. The molecule has 1 heterocycles. The summed E-state index contributed by atoms with van der Waals surface area (Å²) in [5.41, 5.74) is 0.0297. The molecule has 1 aromatic carbocycles. The molecular weight excluding hydrogens is 312 g/mol. The fourth-order valence-electron chi connectivity index (χ4n) is 3.58. The van der Waals surface area contributed by atoms with Crippen LogP contribution in [-0.2, 0) is 5.41 Å². The van der Waals surface area contributed by atoms with Crippen LogP contribution in [0.15, 0.2) is 39.5 Å². The highest BCUT2D eigenvalue weighted by Crippen LogP contribution is 2.46. The van der Waals surface area contributed by atoms with E-state index >= 15 is 0 Å². The van der Waals surface area contributed by atoms with Crippen molar-refractivity contribution in [2.75, 3.05) is 0 Å². The number of benzene rings is 1. The maximum absolute atomic E-state index is 11.8. The summed E-state index contributed by atoms with van der Waals surface area (Å²) in [7, 11) is 0. The maximum atomic E-state index is 11.8. The van der Waals surface area contributed by atoms with Crippen LogP contribution in [0.1, 0.15) is 53.8 Å². The fraction of sp³-hybridized carbons (Fsp3) is 0.333. The molecule has 0 aliphatic heterocycles. The van der Waals surface area contributed by atoms with Crippen molar-refractivity contribution in [3.8, 4) is 11.5 Å². The fourth-order valence-corrected chi connectivity index (χ4v) is 3.58. The molecule has 1 aliphatic carbocycles.